The molecule has 0 heterocycles. The van der Waals surface area contributed by atoms with Crippen molar-refractivity contribution >= 4 is 11.6 Å². The van der Waals surface area contributed by atoms with Crippen LogP contribution in [0.25, 0.3) is 0 Å². The van der Waals surface area contributed by atoms with E-state index >= 15 is 0 Å². The van der Waals surface area contributed by atoms with Gasteiger partial charge in [0.2, 0.25) is 0 Å². The molecule has 4 fully saturated rings. The summed E-state index contributed by atoms with van der Waals surface area (Å²) in [6.45, 7) is 4.85. The summed E-state index contributed by atoms with van der Waals surface area (Å²) in [6.07, 6.45) is 9.45. The molecule has 0 bridgehead atoms. The van der Waals surface area contributed by atoms with Crippen LogP contribution in [0.5, 0.6) is 0 Å². The van der Waals surface area contributed by atoms with E-state index in [0.29, 0.717) is 34.2 Å². The highest BCUT2D eigenvalue weighted by Crippen LogP contribution is 2.65. The maximum Gasteiger partial charge on any atom is 0.133 e. The third kappa shape index (κ3) is 1.90. The molecule has 4 saturated carbocycles. The van der Waals surface area contributed by atoms with Gasteiger partial charge in [0.05, 0.1) is 0 Å². The second-order valence-corrected chi connectivity index (χ2v) is 9.01. The Bertz CT molecular complexity index is 496. The maximum absolute atomic E-state index is 12.1. The van der Waals surface area contributed by atoms with Crippen LogP contribution >= 0.6 is 0 Å². The minimum atomic E-state index is 0.298. The molecule has 4 aliphatic carbocycles. The number of Topliss-reactive ketones (excluding diaryl/α,β-unsaturated/α-hetero) is 2. The molecule has 0 aromatic rings. The maximum atomic E-state index is 12.1. The van der Waals surface area contributed by atoms with E-state index in [1.54, 1.807) is 0 Å². The molecule has 0 radical (unpaired) electrons. The second kappa shape index (κ2) is 4.43. The van der Waals surface area contributed by atoms with Gasteiger partial charge in [0, 0.05) is 25.7 Å². The van der Waals surface area contributed by atoms with Crippen molar-refractivity contribution in [2.24, 2.45) is 34.5 Å². The molecule has 0 saturated heterocycles. The van der Waals surface area contributed by atoms with Gasteiger partial charge in [-0.3, -0.25) is 9.59 Å². The van der Waals surface area contributed by atoms with E-state index in [9.17, 15) is 9.59 Å². The molecule has 4 rings (SSSR count). The summed E-state index contributed by atoms with van der Waals surface area (Å²) in [5, 5.41) is 0. The van der Waals surface area contributed by atoms with Crippen LogP contribution in [0.4, 0.5) is 0 Å². The number of hydrogen-bond acceptors (Lipinski definition) is 2. The van der Waals surface area contributed by atoms with Gasteiger partial charge in [-0.05, 0) is 66.6 Å². The van der Waals surface area contributed by atoms with Crippen molar-refractivity contribution in [3.05, 3.63) is 0 Å². The van der Waals surface area contributed by atoms with Crippen LogP contribution in [0.1, 0.15) is 71.6 Å². The molecule has 0 amide bonds. The largest absolute Gasteiger partial charge is 0.300 e. The second-order valence-electron chi connectivity index (χ2n) is 9.01. The van der Waals surface area contributed by atoms with E-state index in [1.807, 2.05) is 0 Å². The van der Waals surface area contributed by atoms with E-state index in [4.69, 9.17) is 0 Å². The van der Waals surface area contributed by atoms with E-state index in [0.717, 1.165) is 43.9 Å². The summed E-state index contributed by atoms with van der Waals surface area (Å²) in [7, 11) is 0. The number of rotatable bonds is 0. The Morgan fingerprint density at radius 3 is 2.52 bits per heavy atom. The summed E-state index contributed by atoms with van der Waals surface area (Å²) in [6, 6.07) is 0. The standard InChI is InChI=1S/C19H28O2/c1-18-7-6-16-15(17(18)10-14(21)11-18)4-3-12-9-13(20)5-8-19(12,16)2/h12,15-17H,3-11H2,1-2H3/t12-,15+,16-,17-,18-,19+/m1/s1. The first-order chi connectivity index (χ1) is 9.92. The minimum Gasteiger partial charge on any atom is -0.300 e. The molecule has 2 heteroatoms. The first-order valence-electron chi connectivity index (χ1n) is 8.96. The Morgan fingerprint density at radius 2 is 1.71 bits per heavy atom. The first-order valence-corrected chi connectivity index (χ1v) is 8.96. The smallest absolute Gasteiger partial charge is 0.133 e. The van der Waals surface area contributed by atoms with Gasteiger partial charge in [0.15, 0.2) is 0 Å². The molecule has 0 aromatic heterocycles. The lowest BCUT2D eigenvalue weighted by Gasteiger charge is -2.59. The van der Waals surface area contributed by atoms with Gasteiger partial charge < -0.3 is 0 Å². The zero-order chi connectivity index (χ0) is 14.8. The fourth-order valence-electron chi connectivity index (χ4n) is 6.82. The normalized spacial score (nSPS) is 53.0. The summed E-state index contributed by atoms with van der Waals surface area (Å²) in [5.74, 6) is 3.79. The number of carbonyl (C=O) groups is 2. The monoisotopic (exact) mass is 288 g/mol. The van der Waals surface area contributed by atoms with Crippen molar-refractivity contribution in [1.82, 2.24) is 0 Å². The molecular weight excluding hydrogens is 260 g/mol. The molecule has 0 N–H and O–H groups in total. The average molecular weight is 288 g/mol. The zero-order valence-electron chi connectivity index (χ0n) is 13.5. The van der Waals surface area contributed by atoms with Gasteiger partial charge in [-0.1, -0.05) is 13.8 Å². The zero-order valence-corrected chi connectivity index (χ0v) is 13.5. The molecule has 0 aliphatic heterocycles. The number of fused-ring (bicyclic) bond motifs is 5. The highest BCUT2D eigenvalue weighted by atomic mass is 16.1. The summed E-state index contributed by atoms with van der Waals surface area (Å²) < 4.78 is 0. The van der Waals surface area contributed by atoms with E-state index < -0.39 is 0 Å². The summed E-state index contributed by atoms with van der Waals surface area (Å²) in [4.78, 5) is 23.9. The van der Waals surface area contributed by atoms with Crippen LogP contribution in [0.2, 0.25) is 0 Å². The molecule has 0 unspecified atom stereocenters. The van der Waals surface area contributed by atoms with Crippen LogP contribution in [-0.4, -0.2) is 11.6 Å². The van der Waals surface area contributed by atoms with Crippen molar-refractivity contribution in [3.63, 3.8) is 0 Å². The van der Waals surface area contributed by atoms with E-state index in [-0.39, 0.29) is 0 Å². The third-order valence-electron chi connectivity index (χ3n) is 8.05. The topological polar surface area (TPSA) is 34.1 Å². The molecule has 0 spiro atoms. The van der Waals surface area contributed by atoms with Crippen molar-refractivity contribution in [3.8, 4) is 0 Å². The number of carbonyl (C=O) groups excluding carboxylic acids is 2. The molecule has 0 aromatic carbocycles. The predicted octanol–water partition coefficient (Wildman–Crippen LogP) is 4.17. The molecule has 2 nitrogen and oxygen atoms in total. The fraction of sp³-hybridized carbons (Fsp3) is 0.895. The van der Waals surface area contributed by atoms with Crippen LogP contribution in [0.3, 0.4) is 0 Å². The van der Waals surface area contributed by atoms with Gasteiger partial charge in [-0.2, -0.15) is 0 Å². The van der Waals surface area contributed by atoms with Crippen LogP contribution in [0, 0.1) is 34.5 Å². The Kier molecular flexibility index (Phi) is 2.94. The van der Waals surface area contributed by atoms with Crippen molar-refractivity contribution in [2.45, 2.75) is 71.6 Å². The number of ketones is 2. The van der Waals surface area contributed by atoms with Crippen molar-refractivity contribution in [1.29, 1.82) is 0 Å². The highest BCUT2D eigenvalue weighted by molar-refractivity contribution is 5.82. The van der Waals surface area contributed by atoms with Gasteiger partial charge >= 0.3 is 0 Å². The minimum absolute atomic E-state index is 0.298. The summed E-state index contributed by atoms with van der Waals surface area (Å²) >= 11 is 0. The quantitative estimate of drug-likeness (QED) is 0.670. The van der Waals surface area contributed by atoms with Gasteiger partial charge in [0.1, 0.15) is 11.6 Å². The lowest BCUT2D eigenvalue weighted by Crippen LogP contribution is -2.52. The Hall–Kier alpha value is -0.660. The molecule has 21 heavy (non-hydrogen) atoms. The van der Waals surface area contributed by atoms with E-state index in [1.165, 1.54) is 25.7 Å². The lowest BCUT2D eigenvalue weighted by atomic mass is 9.45. The van der Waals surface area contributed by atoms with Crippen molar-refractivity contribution in [2.75, 3.05) is 0 Å². The Balaban J connectivity index is 1.65. The van der Waals surface area contributed by atoms with Gasteiger partial charge in [0.25, 0.3) is 0 Å². The molecular formula is C19H28O2. The van der Waals surface area contributed by atoms with Crippen molar-refractivity contribution < 1.29 is 9.59 Å². The molecule has 116 valence electrons. The fourth-order valence-corrected chi connectivity index (χ4v) is 6.82. The van der Waals surface area contributed by atoms with Crippen LogP contribution < -0.4 is 0 Å². The molecule has 4 aliphatic rings. The SMILES string of the molecule is C[C@]12CC[C@@H]3[C@H](CC[C@@H]4CC(=O)CC[C@@]43C)[C@H]1CC(=O)C2. The first kappa shape index (κ1) is 14.0. The van der Waals surface area contributed by atoms with Gasteiger partial charge in [-0.15, -0.1) is 0 Å². The van der Waals surface area contributed by atoms with Crippen LogP contribution in [-0.2, 0) is 9.59 Å². The Labute approximate surface area is 128 Å². The predicted molar refractivity (Wildman–Crippen MR) is 81.7 cm³/mol. The Morgan fingerprint density at radius 1 is 0.905 bits per heavy atom. The third-order valence-corrected chi connectivity index (χ3v) is 8.05. The summed E-state index contributed by atoms with van der Waals surface area (Å²) in [5.41, 5.74) is 0.676. The lowest BCUT2D eigenvalue weighted by molar-refractivity contribution is -0.137. The molecule has 6 atom stereocenters. The van der Waals surface area contributed by atoms with Gasteiger partial charge in [-0.25, -0.2) is 0 Å². The van der Waals surface area contributed by atoms with E-state index in [2.05, 4.69) is 13.8 Å². The highest BCUT2D eigenvalue weighted by Gasteiger charge is 2.59. The van der Waals surface area contributed by atoms with Crippen LogP contribution in [0.15, 0.2) is 0 Å². The average Bonchev–Trinajstić information content (AvgIpc) is 2.74. The number of hydrogen-bond donors (Lipinski definition) is 0.